The fourth-order valence-electron chi connectivity index (χ4n) is 3.28. The van der Waals surface area contributed by atoms with E-state index < -0.39 is 0 Å². The van der Waals surface area contributed by atoms with Gasteiger partial charge in [-0.1, -0.05) is 6.07 Å². The number of aryl methyl sites for hydroxylation is 1. The molecule has 1 aliphatic heterocycles. The topological polar surface area (TPSA) is 80.0 Å². The molecular weight excluding hydrogens is 336 g/mol. The summed E-state index contributed by atoms with van der Waals surface area (Å²) in [6.45, 7) is 3.94. The van der Waals surface area contributed by atoms with Crippen LogP contribution < -0.4 is 16.0 Å². The van der Waals surface area contributed by atoms with Crippen LogP contribution >= 0.6 is 0 Å². The molecule has 0 radical (unpaired) electrons. The summed E-state index contributed by atoms with van der Waals surface area (Å²) in [7, 11) is 0. The number of hydrogen-bond donors (Lipinski definition) is 2. The van der Waals surface area contributed by atoms with E-state index in [0.717, 1.165) is 60.2 Å². The lowest BCUT2D eigenvalue weighted by Crippen LogP contribution is -2.40. The molecule has 138 valence electrons. The van der Waals surface area contributed by atoms with Gasteiger partial charge in [-0.05, 0) is 61.7 Å². The van der Waals surface area contributed by atoms with Crippen molar-refractivity contribution < 1.29 is 0 Å². The third-order valence-electron chi connectivity index (χ3n) is 4.83. The standard InChI is InChI=1S/C21H24N6/c1-15-5-9-23-20(13-15)26-19-4-2-3-18(25-19)16-6-10-24-21(14-16)27-11-7-17(22)8-12-27/h2-6,9-10,13-14,17H,7-8,11-12,22H2,1H3,(H,23,25,26). The molecule has 4 rings (SSSR count). The van der Waals surface area contributed by atoms with Crippen LogP contribution in [0.3, 0.4) is 0 Å². The zero-order valence-electron chi connectivity index (χ0n) is 15.5. The molecule has 0 bridgehead atoms. The summed E-state index contributed by atoms with van der Waals surface area (Å²) in [5, 5.41) is 3.28. The maximum Gasteiger partial charge on any atom is 0.132 e. The highest BCUT2D eigenvalue weighted by molar-refractivity contribution is 5.66. The fourth-order valence-corrected chi connectivity index (χ4v) is 3.28. The maximum absolute atomic E-state index is 6.02. The van der Waals surface area contributed by atoms with Gasteiger partial charge in [0.1, 0.15) is 17.5 Å². The highest BCUT2D eigenvalue weighted by Crippen LogP contribution is 2.25. The Balaban J connectivity index is 1.56. The van der Waals surface area contributed by atoms with Gasteiger partial charge in [-0.3, -0.25) is 0 Å². The molecule has 1 fully saturated rings. The van der Waals surface area contributed by atoms with Crippen molar-refractivity contribution in [3.63, 3.8) is 0 Å². The molecule has 0 aromatic carbocycles. The summed E-state index contributed by atoms with van der Waals surface area (Å²) >= 11 is 0. The molecule has 6 nitrogen and oxygen atoms in total. The largest absolute Gasteiger partial charge is 0.356 e. The molecule has 0 atom stereocenters. The van der Waals surface area contributed by atoms with Gasteiger partial charge >= 0.3 is 0 Å². The summed E-state index contributed by atoms with van der Waals surface area (Å²) in [6.07, 6.45) is 5.66. The van der Waals surface area contributed by atoms with Gasteiger partial charge in [0.2, 0.25) is 0 Å². The van der Waals surface area contributed by atoms with Crippen LogP contribution in [0.25, 0.3) is 11.3 Å². The first-order valence-corrected chi connectivity index (χ1v) is 9.31. The quantitative estimate of drug-likeness (QED) is 0.741. The van der Waals surface area contributed by atoms with Crippen molar-refractivity contribution in [2.24, 2.45) is 5.73 Å². The molecule has 6 heteroatoms. The normalized spacial score (nSPS) is 15.0. The Morgan fingerprint density at radius 3 is 2.63 bits per heavy atom. The first kappa shape index (κ1) is 17.4. The summed E-state index contributed by atoms with van der Waals surface area (Å²) in [5.74, 6) is 2.55. The molecule has 0 spiro atoms. The molecule has 3 aromatic rings. The highest BCUT2D eigenvalue weighted by atomic mass is 15.2. The van der Waals surface area contributed by atoms with Crippen molar-refractivity contribution in [3.8, 4) is 11.3 Å². The number of aromatic nitrogens is 3. The van der Waals surface area contributed by atoms with Gasteiger partial charge in [-0.25, -0.2) is 15.0 Å². The second-order valence-corrected chi connectivity index (χ2v) is 6.98. The second kappa shape index (κ2) is 7.72. The number of hydrogen-bond acceptors (Lipinski definition) is 6. The van der Waals surface area contributed by atoms with Gasteiger partial charge in [-0.15, -0.1) is 0 Å². The summed E-state index contributed by atoms with van der Waals surface area (Å²) < 4.78 is 0. The van der Waals surface area contributed by atoms with Gasteiger partial charge < -0.3 is 16.0 Å². The molecule has 3 N–H and O–H groups in total. The third-order valence-corrected chi connectivity index (χ3v) is 4.83. The number of nitrogens with zero attached hydrogens (tertiary/aromatic N) is 4. The van der Waals surface area contributed by atoms with Crippen LogP contribution in [-0.4, -0.2) is 34.1 Å². The first-order valence-electron chi connectivity index (χ1n) is 9.31. The van der Waals surface area contributed by atoms with E-state index in [9.17, 15) is 0 Å². The Hall–Kier alpha value is -2.99. The van der Waals surface area contributed by atoms with Crippen LogP contribution in [0, 0.1) is 6.92 Å². The average molecular weight is 360 g/mol. The first-order chi connectivity index (χ1) is 13.2. The molecule has 1 saturated heterocycles. The third kappa shape index (κ3) is 4.23. The molecule has 1 aliphatic rings. The summed E-state index contributed by atoms with van der Waals surface area (Å²) in [4.78, 5) is 15.9. The predicted octanol–water partition coefficient (Wildman–Crippen LogP) is 3.52. The van der Waals surface area contributed by atoms with E-state index in [1.165, 1.54) is 0 Å². The van der Waals surface area contributed by atoms with Crippen molar-refractivity contribution in [3.05, 3.63) is 60.4 Å². The number of nitrogens with two attached hydrogens (primary N) is 1. The smallest absolute Gasteiger partial charge is 0.132 e. The van der Waals surface area contributed by atoms with E-state index in [2.05, 4.69) is 26.3 Å². The second-order valence-electron chi connectivity index (χ2n) is 6.98. The Labute approximate surface area is 159 Å². The van der Waals surface area contributed by atoms with E-state index in [4.69, 9.17) is 10.7 Å². The molecule has 0 unspecified atom stereocenters. The Morgan fingerprint density at radius 2 is 1.81 bits per heavy atom. The predicted molar refractivity (Wildman–Crippen MR) is 109 cm³/mol. The van der Waals surface area contributed by atoms with Crippen LogP contribution in [0.4, 0.5) is 17.5 Å². The molecule has 0 saturated carbocycles. The number of rotatable bonds is 4. The Bertz CT molecular complexity index is 918. The SMILES string of the molecule is Cc1ccnc(Nc2cccc(-c3ccnc(N4CCC(N)CC4)c3)n2)c1. The maximum atomic E-state index is 6.02. The van der Waals surface area contributed by atoms with Gasteiger partial charge in [0, 0.05) is 37.1 Å². The van der Waals surface area contributed by atoms with E-state index in [1.54, 1.807) is 6.20 Å². The van der Waals surface area contributed by atoms with Crippen molar-refractivity contribution in [1.82, 2.24) is 15.0 Å². The van der Waals surface area contributed by atoms with E-state index in [-0.39, 0.29) is 0 Å². The summed E-state index contributed by atoms with van der Waals surface area (Å²) in [6, 6.07) is 14.3. The Kier molecular flexibility index (Phi) is 4.98. The van der Waals surface area contributed by atoms with E-state index in [0.29, 0.717) is 6.04 Å². The lowest BCUT2D eigenvalue weighted by atomic mass is 10.1. The van der Waals surface area contributed by atoms with Crippen LogP contribution in [0.1, 0.15) is 18.4 Å². The molecule has 27 heavy (non-hydrogen) atoms. The van der Waals surface area contributed by atoms with Crippen LogP contribution in [-0.2, 0) is 0 Å². The number of pyridine rings is 3. The zero-order chi connectivity index (χ0) is 18.6. The van der Waals surface area contributed by atoms with Gasteiger partial charge in [-0.2, -0.15) is 0 Å². The minimum absolute atomic E-state index is 0.309. The number of nitrogens with one attached hydrogen (secondary N) is 1. The zero-order valence-corrected chi connectivity index (χ0v) is 15.5. The van der Waals surface area contributed by atoms with E-state index >= 15 is 0 Å². The monoisotopic (exact) mass is 360 g/mol. The van der Waals surface area contributed by atoms with E-state index in [1.807, 2.05) is 49.5 Å². The minimum Gasteiger partial charge on any atom is -0.356 e. The van der Waals surface area contributed by atoms with Crippen molar-refractivity contribution >= 4 is 17.5 Å². The fraction of sp³-hybridized carbons (Fsp3) is 0.286. The Morgan fingerprint density at radius 1 is 1.00 bits per heavy atom. The minimum atomic E-state index is 0.309. The number of anilines is 3. The molecular formula is C21H24N6. The lowest BCUT2D eigenvalue weighted by Gasteiger charge is -2.31. The van der Waals surface area contributed by atoms with Crippen LogP contribution in [0.2, 0.25) is 0 Å². The van der Waals surface area contributed by atoms with Gasteiger partial charge in [0.25, 0.3) is 0 Å². The molecule has 0 amide bonds. The van der Waals surface area contributed by atoms with Gasteiger partial charge in [0.05, 0.1) is 5.69 Å². The van der Waals surface area contributed by atoms with Crippen LogP contribution in [0.5, 0.6) is 0 Å². The molecule has 3 aromatic heterocycles. The average Bonchev–Trinajstić information content (AvgIpc) is 2.69. The van der Waals surface area contributed by atoms with Crippen molar-refractivity contribution in [2.75, 3.05) is 23.3 Å². The lowest BCUT2D eigenvalue weighted by molar-refractivity contribution is 0.499. The molecule has 0 aliphatic carbocycles. The summed E-state index contributed by atoms with van der Waals surface area (Å²) in [5.41, 5.74) is 9.13. The molecule has 4 heterocycles. The van der Waals surface area contributed by atoms with Crippen molar-refractivity contribution in [1.29, 1.82) is 0 Å². The van der Waals surface area contributed by atoms with Crippen LogP contribution in [0.15, 0.2) is 54.9 Å². The number of piperidine rings is 1. The van der Waals surface area contributed by atoms with Crippen molar-refractivity contribution in [2.45, 2.75) is 25.8 Å². The highest BCUT2D eigenvalue weighted by Gasteiger charge is 2.17. The van der Waals surface area contributed by atoms with Gasteiger partial charge in [0.15, 0.2) is 0 Å².